The van der Waals surface area contributed by atoms with Crippen LogP contribution in [0.25, 0.3) is 128 Å². The van der Waals surface area contributed by atoms with Crippen LogP contribution in [0.15, 0.2) is 316 Å². The maximum absolute atomic E-state index is 13.0. The molecule has 130 heavy (non-hydrogen) atoms. The Morgan fingerprint density at radius 3 is 1.30 bits per heavy atom. The first-order valence-corrected chi connectivity index (χ1v) is 42.0. The van der Waals surface area contributed by atoms with E-state index in [9.17, 15) is 19.2 Å². The molecule has 0 atom stereocenters. The summed E-state index contributed by atoms with van der Waals surface area (Å²) in [6, 6.07) is 66.5. The van der Waals surface area contributed by atoms with Crippen molar-refractivity contribution in [2.24, 2.45) is 4.99 Å². The summed E-state index contributed by atoms with van der Waals surface area (Å²) in [5.41, 5.74) is 24.1. The third kappa shape index (κ3) is 17.8. The molecule has 638 valence electrons. The summed E-state index contributed by atoms with van der Waals surface area (Å²) in [5.74, 6) is 1.84. The standard InChI is InChI=1S/C29H21N5O2.C24H23N5O3.C24H17N5O3.C24H19N5O/c35-29(34-23-10-12-25(13-11-23)36-24-4-2-1-3-5-24)20-8-6-19(7-9-20)21-14-26-27(22-16-32-33-17-22)18-31-28(26)30-15-21;30-23(29-7-5-24(6-8-29)31-9-10-32-24)17-3-1-16(2-4-17)18-11-20-21(19-13-27-28-14-19)15-26-22(20)25-12-18;30-24(29-18-5-6-21-22(8-18)32-13-31-21)15-3-1-14(2-4-15)16-7-19-20(17-10-27-28-11-17)12-26-23(19)25-9-16;30-24(29-14-20-3-1-2-9-26-20)17-6-4-16(5-7-17)19-11-21-22(18-8-10-25-12-18)15-28-23(21)27-13-19/h1-18H,(H,30,31)(H,32,33)(H,34,35);1-4,11-15H,5-10H2,(H,25,26)(H,27,28);1-12H,13H2,(H,25,26)(H,27,28)(H,29,30);1-9,11-13,15H,10,14H2,(H,27,28)(H,29,30). The van der Waals surface area contributed by atoms with Crippen LogP contribution in [0.4, 0.5) is 11.4 Å². The fourth-order valence-corrected chi connectivity index (χ4v) is 16.0. The van der Waals surface area contributed by atoms with Gasteiger partial charge in [-0.1, -0.05) is 78.9 Å². The van der Waals surface area contributed by atoms with Crippen molar-refractivity contribution in [3.05, 3.63) is 345 Å². The zero-order valence-electron chi connectivity index (χ0n) is 69.5. The number of pyridine rings is 5. The molecule has 23 rings (SSSR count). The van der Waals surface area contributed by atoms with Crippen LogP contribution in [0.5, 0.6) is 23.0 Å². The highest BCUT2D eigenvalue weighted by Gasteiger charge is 2.41. The minimum Gasteiger partial charge on any atom is -0.457 e. The first-order valence-electron chi connectivity index (χ1n) is 42.0. The van der Waals surface area contributed by atoms with Gasteiger partial charge in [-0.05, 0) is 161 Å². The van der Waals surface area contributed by atoms with Gasteiger partial charge in [-0.25, -0.2) is 19.9 Å². The highest BCUT2D eigenvalue weighted by atomic mass is 16.7. The van der Waals surface area contributed by atoms with Crippen molar-refractivity contribution in [2.45, 2.75) is 25.2 Å². The van der Waals surface area contributed by atoms with Crippen molar-refractivity contribution in [1.29, 1.82) is 0 Å². The Hall–Kier alpha value is -17.3. The topological polar surface area (TPSA) is 380 Å². The zero-order chi connectivity index (χ0) is 87.7. The molecule has 19 aromatic rings. The number of rotatable bonds is 18. The van der Waals surface area contributed by atoms with E-state index in [0.29, 0.717) is 83.7 Å². The monoisotopic (exact) mass is 1720 g/mol. The van der Waals surface area contributed by atoms with Gasteiger partial charge in [0.05, 0.1) is 50.6 Å². The summed E-state index contributed by atoms with van der Waals surface area (Å²) in [6.45, 7) is 3.89. The number of anilines is 2. The molecule has 0 unspecified atom stereocenters. The lowest BCUT2D eigenvalue weighted by atomic mass is 10.0. The summed E-state index contributed by atoms with van der Waals surface area (Å²) in [6.07, 6.45) is 33.2. The second kappa shape index (κ2) is 36.5. The van der Waals surface area contributed by atoms with Gasteiger partial charge in [-0.2, -0.15) is 15.3 Å². The van der Waals surface area contributed by atoms with E-state index in [1.54, 1.807) is 55.1 Å². The summed E-state index contributed by atoms with van der Waals surface area (Å²) in [7, 11) is 0. The third-order valence-corrected chi connectivity index (χ3v) is 22.9. The van der Waals surface area contributed by atoms with Crippen molar-refractivity contribution in [2.75, 3.05) is 50.3 Å². The lowest BCUT2D eigenvalue weighted by molar-refractivity contribution is -0.181. The summed E-state index contributed by atoms with van der Waals surface area (Å²) in [4.78, 5) is 92.3. The van der Waals surface area contributed by atoms with Gasteiger partial charge in [0.1, 0.15) is 34.1 Å². The van der Waals surface area contributed by atoms with Crippen LogP contribution in [-0.4, -0.2) is 156 Å². The Morgan fingerprint density at radius 1 is 0.400 bits per heavy atom. The number of para-hydroxylation sites is 1. The van der Waals surface area contributed by atoms with E-state index < -0.39 is 5.79 Å². The van der Waals surface area contributed by atoms with E-state index in [1.165, 1.54) is 0 Å². The largest absolute Gasteiger partial charge is 0.457 e. The number of aromatic amines is 7. The van der Waals surface area contributed by atoms with Crippen LogP contribution >= 0.6 is 0 Å². The minimum atomic E-state index is -0.472. The molecule has 0 saturated carbocycles. The van der Waals surface area contributed by atoms with E-state index in [4.69, 9.17) is 23.7 Å². The Balaban J connectivity index is 0.000000109. The van der Waals surface area contributed by atoms with Crippen LogP contribution in [0.2, 0.25) is 0 Å². The Kier molecular flexibility index (Phi) is 22.7. The third-order valence-electron chi connectivity index (χ3n) is 22.9. The van der Waals surface area contributed by atoms with Gasteiger partial charge in [0.15, 0.2) is 17.3 Å². The molecule has 0 aliphatic carbocycles. The van der Waals surface area contributed by atoms with Crippen LogP contribution in [0.1, 0.15) is 65.5 Å². The van der Waals surface area contributed by atoms with Crippen LogP contribution in [0, 0.1) is 0 Å². The van der Waals surface area contributed by atoms with E-state index >= 15 is 0 Å². The number of benzene rings is 7. The molecule has 0 bridgehead atoms. The number of carbonyl (C=O) groups is 4. The summed E-state index contributed by atoms with van der Waals surface area (Å²) < 4.78 is 28.0. The first-order chi connectivity index (χ1) is 64.0. The maximum Gasteiger partial charge on any atom is 0.255 e. The number of ether oxygens (including phenoxy) is 5. The lowest BCUT2D eigenvalue weighted by Gasteiger charge is -2.37. The quantitative estimate of drug-likeness (QED) is 0.0381. The predicted molar refractivity (Wildman–Crippen MR) is 497 cm³/mol. The molecule has 12 aromatic heterocycles. The summed E-state index contributed by atoms with van der Waals surface area (Å²) >= 11 is 0. The summed E-state index contributed by atoms with van der Waals surface area (Å²) in [5, 5.41) is 33.5. The van der Waals surface area contributed by atoms with Crippen LogP contribution < -0.4 is 30.2 Å². The molecule has 2 saturated heterocycles. The molecule has 16 heterocycles. The second-order valence-electron chi connectivity index (χ2n) is 31.0. The highest BCUT2D eigenvalue weighted by molar-refractivity contribution is 6.16. The number of hydrogen-bond donors (Lipinski definition) is 10. The molecule has 10 N–H and O–H groups in total. The molecule has 7 aromatic carbocycles. The average molecular weight is 1720 g/mol. The normalized spacial score (nSPS) is 13.4. The number of fused-ring (bicyclic) bond motifs is 5. The fraction of sp³-hybridized carbons (Fsp3) is 0.0990. The van der Waals surface area contributed by atoms with Gasteiger partial charge in [0.2, 0.25) is 6.79 Å². The maximum atomic E-state index is 13.0. The minimum absolute atomic E-state index is 0.0471. The van der Waals surface area contributed by atoms with Gasteiger partial charge >= 0.3 is 0 Å². The molecule has 4 aliphatic rings. The smallest absolute Gasteiger partial charge is 0.255 e. The van der Waals surface area contributed by atoms with E-state index in [-0.39, 0.29) is 30.4 Å². The predicted octanol–water partition coefficient (Wildman–Crippen LogP) is 18.9. The molecule has 29 heteroatoms. The number of piperidine rings is 1. The van der Waals surface area contributed by atoms with Gasteiger partial charge in [-0.15, -0.1) is 0 Å². The lowest BCUT2D eigenvalue weighted by Crippen LogP contribution is -2.47. The molecular weight excluding hydrogens is 1640 g/mol. The van der Waals surface area contributed by atoms with Gasteiger partial charge in [-0.3, -0.25) is 44.5 Å². The Bertz CT molecular complexity index is 7330. The Morgan fingerprint density at radius 2 is 0.838 bits per heavy atom. The SMILES string of the molecule is O=C(NCc1ccccn1)c1ccc(-c2cnc3[nH]cc(C4=CCN=C4)c3c2)cc1.O=C(Nc1ccc(Oc2ccccc2)cc1)c1ccc(-c2cnc3[nH]cc(-c4cn[nH]c4)c3c2)cc1.O=C(Nc1ccc2c(c1)OCO2)c1ccc(-c2cnc3[nH]cc(-c4cn[nH]c4)c3c2)cc1.O=C(c1ccc(-c2cnc3[nH]cc(-c4cn[nH]c4)c3c2)cc1)N1CCC2(CC1)OCCO2. The average Bonchev–Trinajstić information content (AvgIpc) is 1.64. The van der Waals surface area contributed by atoms with Crippen molar-refractivity contribution in [1.82, 2.24) is 85.7 Å². The molecular formula is C101H80N20O9. The van der Waals surface area contributed by atoms with Crippen molar-refractivity contribution >= 4 is 90.9 Å². The number of nitrogens with one attached hydrogen (secondary N) is 10. The molecule has 2 fully saturated rings. The first kappa shape index (κ1) is 81.1. The number of allylic oxidation sites excluding steroid dienone is 1. The van der Waals surface area contributed by atoms with E-state index in [0.717, 1.165) is 164 Å². The highest BCUT2D eigenvalue weighted by Crippen LogP contribution is 2.39. The van der Waals surface area contributed by atoms with E-state index in [2.05, 4.69) is 127 Å². The Labute approximate surface area is 741 Å². The number of aromatic nitrogens is 15. The molecule has 1 spiro atoms. The number of aliphatic imine (C=N–C) groups is 1. The van der Waals surface area contributed by atoms with Crippen molar-refractivity contribution in [3.8, 4) is 101 Å². The molecule has 0 radical (unpaired) electrons. The number of hydrogen-bond acceptors (Lipinski definition) is 18. The second-order valence-corrected chi connectivity index (χ2v) is 31.0. The van der Waals surface area contributed by atoms with E-state index in [1.807, 2.05) is 237 Å². The number of carbonyl (C=O) groups excluding carboxylic acids is 4. The van der Waals surface area contributed by atoms with Crippen molar-refractivity contribution < 1.29 is 42.9 Å². The number of amides is 4. The number of likely N-dealkylation sites (tertiary alicyclic amines) is 1. The number of nitrogens with zero attached hydrogens (tertiary/aromatic N) is 10. The van der Waals surface area contributed by atoms with Crippen LogP contribution in [0.3, 0.4) is 0 Å². The van der Waals surface area contributed by atoms with Gasteiger partial charge in [0.25, 0.3) is 23.6 Å². The zero-order valence-corrected chi connectivity index (χ0v) is 69.5. The van der Waals surface area contributed by atoms with Crippen LogP contribution in [-0.2, 0) is 16.0 Å². The van der Waals surface area contributed by atoms with Gasteiger partial charge < -0.3 is 64.5 Å². The number of H-pyrrole nitrogens is 7. The molecule has 4 aliphatic heterocycles. The molecule has 29 nitrogen and oxygen atoms in total. The fourth-order valence-electron chi connectivity index (χ4n) is 16.0. The van der Waals surface area contributed by atoms with Crippen molar-refractivity contribution in [3.63, 3.8) is 0 Å². The van der Waals surface area contributed by atoms with Gasteiger partial charge in [0, 0.05) is 229 Å². The molecule has 4 amide bonds.